The molecule has 18 nitrogen and oxygen atoms in total. The molecule has 3 unspecified atom stereocenters. The SMILES string of the molecule is CNC(C)COCC(C)OCCOCC(C)Nc1nc(Cc2ccc(C(=O)O)cc2)nc(Nc2ccc(/C=C/c3ccc(Cc4nc(C)nc(Nc5ccccc5)n4)cc3)c(S(=O)(=O)O)c2)n1. The van der Waals surface area contributed by atoms with E-state index in [1.54, 1.807) is 36.4 Å². The fourth-order valence-electron chi connectivity index (χ4n) is 6.48. The van der Waals surface area contributed by atoms with Crippen molar-refractivity contribution >= 4 is 57.5 Å². The highest BCUT2D eigenvalue weighted by Gasteiger charge is 2.17. The van der Waals surface area contributed by atoms with Crippen LogP contribution in [-0.2, 0) is 37.2 Å². The van der Waals surface area contributed by atoms with Gasteiger partial charge >= 0.3 is 5.97 Å². The number of anilines is 5. The van der Waals surface area contributed by atoms with Crippen molar-refractivity contribution in [2.75, 3.05) is 56.0 Å². The lowest BCUT2D eigenvalue weighted by atomic mass is 10.1. The molecule has 6 N–H and O–H groups in total. The smallest absolute Gasteiger partial charge is 0.335 e. The van der Waals surface area contributed by atoms with E-state index in [0.717, 1.165) is 22.4 Å². The van der Waals surface area contributed by atoms with E-state index < -0.39 is 16.1 Å². The largest absolute Gasteiger partial charge is 0.478 e. The van der Waals surface area contributed by atoms with Gasteiger partial charge in [-0.2, -0.15) is 33.3 Å². The van der Waals surface area contributed by atoms with Gasteiger partial charge in [0.2, 0.25) is 17.8 Å². The summed E-state index contributed by atoms with van der Waals surface area (Å²) in [6, 6.07) is 28.2. The second-order valence-electron chi connectivity index (χ2n) is 15.8. The molecule has 0 spiro atoms. The molecule has 0 bridgehead atoms. The Balaban J connectivity index is 1.12. The first-order chi connectivity index (χ1) is 32.2. The van der Waals surface area contributed by atoms with Gasteiger partial charge in [-0.3, -0.25) is 4.55 Å². The Morgan fingerprint density at radius 3 is 1.99 bits per heavy atom. The van der Waals surface area contributed by atoms with Crippen LogP contribution >= 0.6 is 0 Å². The van der Waals surface area contributed by atoms with Crippen molar-refractivity contribution in [2.24, 2.45) is 0 Å². The first-order valence-corrected chi connectivity index (χ1v) is 23.1. The molecular weight excluding hydrogens is 877 g/mol. The van der Waals surface area contributed by atoms with Crippen molar-refractivity contribution in [3.8, 4) is 0 Å². The Kier molecular flexibility index (Phi) is 17.9. The van der Waals surface area contributed by atoms with Gasteiger partial charge in [-0.15, -0.1) is 0 Å². The first kappa shape index (κ1) is 49.7. The number of hydrogen-bond acceptors (Lipinski definition) is 16. The summed E-state index contributed by atoms with van der Waals surface area (Å²) in [7, 11) is -2.80. The average Bonchev–Trinajstić information content (AvgIpc) is 3.29. The van der Waals surface area contributed by atoms with Crippen molar-refractivity contribution in [1.29, 1.82) is 0 Å². The molecule has 0 aliphatic carbocycles. The number of aromatic carboxylic acids is 1. The summed E-state index contributed by atoms with van der Waals surface area (Å²) in [6.45, 7) is 9.81. The predicted molar refractivity (Wildman–Crippen MR) is 257 cm³/mol. The van der Waals surface area contributed by atoms with Crippen LogP contribution in [0.3, 0.4) is 0 Å². The number of benzene rings is 4. The molecule has 67 heavy (non-hydrogen) atoms. The quantitative estimate of drug-likeness (QED) is 0.0192. The third-order valence-electron chi connectivity index (χ3n) is 10.00. The summed E-state index contributed by atoms with van der Waals surface area (Å²) in [5.74, 6) is 1.27. The van der Waals surface area contributed by atoms with Gasteiger partial charge in [-0.25, -0.2) is 9.78 Å². The monoisotopic (exact) mass is 932 g/mol. The first-order valence-electron chi connectivity index (χ1n) is 21.7. The second kappa shape index (κ2) is 24.2. The van der Waals surface area contributed by atoms with E-state index in [2.05, 4.69) is 51.2 Å². The summed E-state index contributed by atoms with van der Waals surface area (Å²) in [4.78, 5) is 38.3. The van der Waals surface area contributed by atoms with Crippen LogP contribution in [0, 0.1) is 6.92 Å². The van der Waals surface area contributed by atoms with Gasteiger partial charge in [0, 0.05) is 36.3 Å². The molecule has 2 aromatic heterocycles. The fourth-order valence-corrected chi connectivity index (χ4v) is 7.19. The van der Waals surface area contributed by atoms with E-state index in [4.69, 9.17) is 14.2 Å². The molecule has 0 aliphatic heterocycles. The van der Waals surface area contributed by atoms with Crippen molar-refractivity contribution < 1.29 is 37.1 Å². The number of nitrogens with one attached hydrogen (secondary N) is 4. The highest BCUT2D eigenvalue weighted by Crippen LogP contribution is 2.26. The van der Waals surface area contributed by atoms with Gasteiger partial charge in [-0.05, 0) is 93.4 Å². The molecule has 0 fully saturated rings. The molecule has 0 saturated heterocycles. The van der Waals surface area contributed by atoms with Gasteiger partial charge in [0.25, 0.3) is 10.1 Å². The Morgan fingerprint density at radius 1 is 0.687 bits per heavy atom. The number of nitrogens with zero attached hydrogens (tertiary/aromatic N) is 6. The number of para-hydroxylation sites is 1. The molecule has 0 amide bonds. The number of carboxylic acids is 1. The predicted octanol–water partition coefficient (Wildman–Crippen LogP) is 7.00. The molecule has 6 aromatic rings. The number of carbonyl (C=O) groups is 1. The van der Waals surface area contributed by atoms with Crippen LogP contribution in [-0.4, -0.2) is 112 Å². The zero-order valence-electron chi connectivity index (χ0n) is 38.0. The maximum absolute atomic E-state index is 12.7. The maximum Gasteiger partial charge on any atom is 0.335 e. The minimum Gasteiger partial charge on any atom is -0.478 e. The van der Waals surface area contributed by atoms with E-state index in [0.29, 0.717) is 62.9 Å². The third kappa shape index (κ3) is 16.3. The standard InChI is InChI=1S/C48H56N10O8S/c1-31(49-5)28-65-30-33(3)66-24-23-64-29-32(2)50-46-56-44(26-37-16-19-39(20-17-37)45(59)60)57-48(58-46)54-41-22-21-38(42(27-41)67(61,62)63)18-15-35-11-13-36(14-12-35)25-43-51-34(4)52-47(55-43)53-40-9-7-6-8-10-40/h6-22,27,31-33,49H,23-26,28-30H2,1-5H3,(H,59,60)(H,61,62,63)(H,51,52,53,55)(H2,50,54,56,57,58)/b18-15+. The minimum atomic E-state index is -4.68. The summed E-state index contributed by atoms with van der Waals surface area (Å²) >= 11 is 0. The van der Waals surface area contributed by atoms with Crippen molar-refractivity contribution in [2.45, 2.75) is 63.6 Å². The van der Waals surface area contributed by atoms with Gasteiger partial charge in [-0.1, -0.05) is 72.8 Å². The zero-order chi connectivity index (χ0) is 47.8. The Bertz CT molecular complexity index is 2690. The number of hydrogen-bond donors (Lipinski definition) is 6. The van der Waals surface area contributed by atoms with Crippen LogP contribution in [0.1, 0.15) is 70.9 Å². The topological polar surface area (TPSA) is 245 Å². The Hall–Kier alpha value is -6.74. The second-order valence-corrected chi connectivity index (χ2v) is 17.2. The van der Waals surface area contributed by atoms with Crippen LogP contribution in [0.5, 0.6) is 0 Å². The number of carboxylic acid groups (broad SMARTS) is 1. The normalized spacial score (nSPS) is 13.0. The molecule has 0 saturated carbocycles. The zero-order valence-corrected chi connectivity index (χ0v) is 38.8. The molecule has 4 aromatic carbocycles. The van der Waals surface area contributed by atoms with E-state index >= 15 is 0 Å². The van der Waals surface area contributed by atoms with Gasteiger partial charge in [0.05, 0.1) is 44.7 Å². The number of aryl methyl sites for hydroxylation is 1. The molecule has 2 heterocycles. The van der Waals surface area contributed by atoms with E-state index in [1.165, 1.54) is 18.2 Å². The highest BCUT2D eigenvalue weighted by molar-refractivity contribution is 7.86. The van der Waals surface area contributed by atoms with E-state index in [1.807, 2.05) is 89.3 Å². The van der Waals surface area contributed by atoms with Crippen LogP contribution < -0.4 is 21.3 Å². The van der Waals surface area contributed by atoms with Crippen LogP contribution in [0.25, 0.3) is 12.2 Å². The number of ether oxygens (including phenoxy) is 3. The minimum absolute atomic E-state index is 0.0909. The molecular formula is C48H56N10O8S. The van der Waals surface area contributed by atoms with Crippen molar-refractivity contribution in [3.05, 3.63) is 142 Å². The molecule has 0 aliphatic rings. The lowest BCUT2D eigenvalue weighted by Gasteiger charge is -2.17. The summed E-state index contributed by atoms with van der Waals surface area (Å²) in [6.07, 6.45) is 3.96. The van der Waals surface area contributed by atoms with E-state index in [-0.39, 0.29) is 58.2 Å². The van der Waals surface area contributed by atoms with Crippen LogP contribution in [0.4, 0.5) is 29.2 Å². The lowest BCUT2D eigenvalue weighted by Crippen LogP contribution is -2.29. The molecule has 3 atom stereocenters. The van der Waals surface area contributed by atoms with Gasteiger partial charge < -0.3 is 40.6 Å². The molecule has 19 heteroatoms. The van der Waals surface area contributed by atoms with Crippen LogP contribution in [0.2, 0.25) is 0 Å². The maximum atomic E-state index is 12.7. The van der Waals surface area contributed by atoms with Crippen LogP contribution in [0.15, 0.2) is 102 Å². The van der Waals surface area contributed by atoms with Crippen molar-refractivity contribution in [3.63, 3.8) is 0 Å². The molecule has 6 rings (SSSR count). The van der Waals surface area contributed by atoms with Gasteiger partial charge in [0.1, 0.15) is 22.4 Å². The Morgan fingerprint density at radius 2 is 1.31 bits per heavy atom. The lowest BCUT2D eigenvalue weighted by molar-refractivity contribution is -0.0325. The third-order valence-corrected chi connectivity index (χ3v) is 10.9. The van der Waals surface area contributed by atoms with Gasteiger partial charge in [0.15, 0.2) is 0 Å². The number of likely N-dealkylation sites (N-methyl/N-ethyl adjacent to an activating group) is 1. The number of aromatic nitrogens is 6. The summed E-state index contributed by atoms with van der Waals surface area (Å²) in [5, 5.41) is 22.0. The molecule has 352 valence electrons. The van der Waals surface area contributed by atoms with Crippen molar-refractivity contribution in [1.82, 2.24) is 35.2 Å². The van der Waals surface area contributed by atoms with E-state index in [9.17, 15) is 22.9 Å². The Labute approximate surface area is 390 Å². The fraction of sp³-hybridized carbons (Fsp3) is 0.312. The summed E-state index contributed by atoms with van der Waals surface area (Å²) < 4.78 is 53.1. The number of rotatable bonds is 25. The summed E-state index contributed by atoms with van der Waals surface area (Å²) in [5.41, 5.74) is 4.05. The molecule has 0 radical (unpaired) electrons. The average molecular weight is 933 g/mol. The highest BCUT2D eigenvalue weighted by atomic mass is 32.2.